The van der Waals surface area contributed by atoms with E-state index in [0.29, 0.717) is 60.9 Å². The van der Waals surface area contributed by atoms with Gasteiger partial charge in [-0.05, 0) is 78.7 Å². The molecule has 1 aliphatic heterocycles. The molecule has 0 saturated carbocycles. The van der Waals surface area contributed by atoms with Crippen molar-refractivity contribution in [3.63, 3.8) is 0 Å². The van der Waals surface area contributed by atoms with Crippen molar-refractivity contribution in [2.75, 3.05) is 19.8 Å². The third-order valence-corrected chi connectivity index (χ3v) is 7.60. The second-order valence-electron chi connectivity index (χ2n) is 9.55. The number of hydrogen-bond acceptors (Lipinski definition) is 8. The molecule has 10 nitrogen and oxygen atoms in total. The van der Waals surface area contributed by atoms with Crippen LogP contribution < -0.4 is 30.3 Å². The van der Waals surface area contributed by atoms with Gasteiger partial charge in [0, 0.05) is 21.8 Å². The predicted octanol–water partition coefficient (Wildman–Crippen LogP) is 5.97. The monoisotopic (exact) mass is 714 g/mol. The van der Waals surface area contributed by atoms with Gasteiger partial charge in [-0.15, -0.1) is 0 Å². The maximum Gasteiger partial charge on any atom is 0.338 e. The van der Waals surface area contributed by atoms with Crippen LogP contribution in [0.25, 0.3) is 0 Å². The van der Waals surface area contributed by atoms with Crippen molar-refractivity contribution >= 4 is 63.0 Å². The number of amides is 1. The number of nitrogens with zero attached hydrogens (tertiary/aromatic N) is 1. The normalized spacial score (nSPS) is 14.4. The Balaban J connectivity index is 1.41. The van der Waals surface area contributed by atoms with Crippen LogP contribution in [0.1, 0.15) is 43.5 Å². The minimum Gasteiger partial charge on any atom is -0.490 e. The third kappa shape index (κ3) is 8.96. The van der Waals surface area contributed by atoms with Crippen molar-refractivity contribution in [3.8, 4) is 17.2 Å². The highest BCUT2D eigenvalue weighted by Crippen LogP contribution is 2.38. The fourth-order valence-electron chi connectivity index (χ4n) is 4.44. The zero-order valence-corrected chi connectivity index (χ0v) is 28.0. The lowest BCUT2D eigenvalue weighted by Crippen LogP contribution is -2.45. The van der Waals surface area contributed by atoms with Gasteiger partial charge in [-0.3, -0.25) is 4.79 Å². The molecule has 4 rings (SSSR count). The Morgan fingerprint density at radius 1 is 1.04 bits per heavy atom. The van der Waals surface area contributed by atoms with Crippen LogP contribution in [0, 0.1) is 0 Å². The van der Waals surface area contributed by atoms with E-state index in [1.165, 1.54) is 6.21 Å². The van der Waals surface area contributed by atoms with E-state index in [0.717, 1.165) is 5.56 Å². The molecule has 3 aromatic carbocycles. The summed E-state index contributed by atoms with van der Waals surface area (Å²) < 4.78 is 23.6. The van der Waals surface area contributed by atoms with Gasteiger partial charge < -0.3 is 29.6 Å². The van der Waals surface area contributed by atoms with E-state index in [2.05, 4.69) is 37.1 Å². The van der Waals surface area contributed by atoms with Crippen LogP contribution in [0.2, 0.25) is 5.02 Å². The Bertz CT molecular complexity index is 1630. The number of carbonyl (C=O) groups is 2. The Labute approximate surface area is 280 Å². The highest BCUT2D eigenvalue weighted by Gasteiger charge is 2.32. The highest BCUT2D eigenvalue weighted by molar-refractivity contribution is 9.10. The van der Waals surface area contributed by atoms with Crippen LogP contribution in [-0.2, 0) is 20.9 Å². The number of allylic oxidation sites excluding steroid dienone is 1. The van der Waals surface area contributed by atoms with E-state index in [1.807, 2.05) is 25.1 Å². The molecule has 1 atom stereocenters. The quantitative estimate of drug-likeness (QED) is 0.0852. The maximum absolute atomic E-state index is 12.8. The van der Waals surface area contributed by atoms with Crippen LogP contribution >= 0.6 is 39.7 Å². The number of hydrazone groups is 1. The topological polar surface area (TPSA) is 120 Å². The first-order valence-electron chi connectivity index (χ1n) is 14.0. The average Bonchev–Trinajstić information content (AvgIpc) is 3.00. The number of ether oxygens (including phenoxy) is 4. The van der Waals surface area contributed by atoms with Gasteiger partial charge in [0.2, 0.25) is 0 Å². The summed E-state index contributed by atoms with van der Waals surface area (Å²) in [7, 11) is 0. The number of esters is 1. The lowest BCUT2D eigenvalue weighted by atomic mass is 9.95. The van der Waals surface area contributed by atoms with Crippen LogP contribution in [0.15, 0.2) is 81.5 Å². The first-order valence-corrected chi connectivity index (χ1v) is 15.6. The van der Waals surface area contributed by atoms with Gasteiger partial charge in [-0.25, -0.2) is 10.2 Å². The standard InChI is InChI=1S/C32H32BrClN4O6S/c1-4-41-26-15-20(14-23(33)30(26)44-17-21-10-6-8-12-24(21)34)16-35-38-27(39)18-43-25-13-9-7-11-22(25)29-28(31(40)42-5-2)19(3)36-32(45)37-29/h6-16,29H,4-5,17-18H2,1-3H3,(H,38,39)(H2,36,37,45)/t29-/m0/s1. The van der Waals surface area contributed by atoms with Crippen molar-refractivity contribution in [3.05, 3.63) is 98.1 Å². The zero-order chi connectivity index (χ0) is 32.3. The molecule has 3 aromatic rings. The Morgan fingerprint density at radius 2 is 1.80 bits per heavy atom. The molecule has 0 aromatic heterocycles. The molecule has 0 unspecified atom stereocenters. The van der Waals surface area contributed by atoms with E-state index in [4.69, 9.17) is 42.8 Å². The van der Waals surface area contributed by atoms with E-state index in [1.54, 1.807) is 56.3 Å². The zero-order valence-electron chi connectivity index (χ0n) is 24.8. The lowest BCUT2D eigenvalue weighted by Gasteiger charge is -2.30. The predicted molar refractivity (Wildman–Crippen MR) is 180 cm³/mol. The summed E-state index contributed by atoms with van der Waals surface area (Å²) in [5.41, 5.74) is 5.52. The molecule has 1 heterocycles. The fourth-order valence-corrected chi connectivity index (χ4v) is 5.48. The first kappa shape index (κ1) is 33.8. The number of nitrogens with one attached hydrogen (secondary N) is 3. The third-order valence-electron chi connectivity index (χ3n) is 6.42. The van der Waals surface area contributed by atoms with E-state index >= 15 is 0 Å². The molecule has 45 heavy (non-hydrogen) atoms. The highest BCUT2D eigenvalue weighted by atomic mass is 79.9. The van der Waals surface area contributed by atoms with Gasteiger partial charge >= 0.3 is 5.97 Å². The smallest absolute Gasteiger partial charge is 0.338 e. The van der Waals surface area contributed by atoms with Gasteiger partial charge in [0.05, 0.1) is 35.5 Å². The number of para-hydroxylation sites is 1. The summed E-state index contributed by atoms with van der Waals surface area (Å²) in [5, 5.41) is 11.1. The molecule has 0 saturated heterocycles. The fraction of sp³-hybridized carbons (Fsp3) is 0.250. The summed E-state index contributed by atoms with van der Waals surface area (Å²) in [4.78, 5) is 25.4. The minimum absolute atomic E-state index is 0.219. The Hall–Kier alpha value is -4.13. The second-order valence-corrected chi connectivity index (χ2v) is 11.2. The summed E-state index contributed by atoms with van der Waals surface area (Å²) in [6.45, 7) is 5.92. The average molecular weight is 716 g/mol. The van der Waals surface area contributed by atoms with Crippen molar-refractivity contribution in [2.24, 2.45) is 5.10 Å². The van der Waals surface area contributed by atoms with Gasteiger partial charge in [-0.1, -0.05) is 48.0 Å². The molecule has 1 aliphatic rings. The number of benzene rings is 3. The number of rotatable bonds is 13. The summed E-state index contributed by atoms with van der Waals surface area (Å²) in [5.74, 6) is 0.445. The van der Waals surface area contributed by atoms with Crippen LogP contribution in [0.5, 0.6) is 17.2 Å². The first-order chi connectivity index (χ1) is 21.7. The molecule has 1 amide bonds. The maximum atomic E-state index is 12.8. The molecule has 0 radical (unpaired) electrons. The summed E-state index contributed by atoms with van der Waals surface area (Å²) in [6.07, 6.45) is 1.48. The number of carbonyl (C=O) groups excluding carboxylic acids is 2. The van der Waals surface area contributed by atoms with E-state index in [-0.39, 0.29) is 19.8 Å². The van der Waals surface area contributed by atoms with Crippen LogP contribution in [-0.4, -0.2) is 43.0 Å². The minimum atomic E-state index is -0.635. The lowest BCUT2D eigenvalue weighted by molar-refractivity contribution is -0.139. The van der Waals surface area contributed by atoms with Gasteiger partial charge in [0.1, 0.15) is 12.4 Å². The molecule has 13 heteroatoms. The van der Waals surface area contributed by atoms with Crippen molar-refractivity contribution in [1.29, 1.82) is 0 Å². The Morgan fingerprint density at radius 3 is 2.56 bits per heavy atom. The molecular formula is C32H32BrClN4O6S. The van der Waals surface area contributed by atoms with E-state index < -0.39 is 17.9 Å². The molecule has 236 valence electrons. The van der Waals surface area contributed by atoms with Crippen molar-refractivity contribution in [1.82, 2.24) is 16.1 Å². The molecule has 0 bridgehead atoms. The molecular weight excluding hydrogens is 684 g/mol. The van der Waals surface area contributed by atoms with Crippen molar-refractivity contribution in [2.45, 2.75) is 33.4 Å². The molecule has 0 spiro atoms. The molecule has 3 N–H and O–H groups in total. The summed E-state index contributed by atoms with van der Waals surface area (Å²) >= 11 is 15.1. The van der Waals surface area contributed by atoms with Crippen LogP contribution in [0.4, 0.5) is 0 Å². The summed E-state index contributed by atoms with van der Waals surface area (Å²) in [6, 6.07) is 17.4. The van der Waals surface area contributed by atoms with Crippen molar-refractivity contribution < 1.29 is 28.5 Å². The number of halogens is 2. The number of thiocarbonyl (C=S) groups is 1. The molecule has 0 fully saturated rings. The second kappa shape index (κ2) is 16.3. The molecule has 0 aliphatic carbocycles. The van der Waals surface area contributed by atoms with Gasteiger partial charge in [0.25, 0.3) is 5.91 Å². The SMILES string of the molecule is CCOC(=O)C1=C(C)NC(=S)N[C@H]1c1ccccc1OCC(=O)NN=Cc1cc(Br)c(OCc2ccccc2Cl)c(OCC)c1. The van der Waals surface area contributed by atoms with Gasteiger partial charge in [-0.2, -0.15) is 5.10 Å². The van der Waals surface area contributed by atoms with Gasteiger partial charge in [0.15, 0.2) is 23.2 Å². The van der Waals surface area contributed by atoms with Crippen LogP contribution in [0.3, 0.4) is 0 Å². The van der Waals surface area contributed by atoms with E-state index in [9.17, 15) is 9.59 Å². The largest absolute Gasteiger partial charge is 0.490 e. The number of hydrogen-bond donors (Lipinski definition) is 3. The Kier molecular flexibility index (Phi) is 12.2.